The number of hydrogen-bond acceptors (Lipinski definition) is 5. The number of nitrogens with zero attached hydrogens (tertiary/aromatic N) is 2. The van der Waals surface area contributed by atoms with Gasteiger partial charge in [0.2, 0.25) is 5.76 Å². The van der Waals surface area contributed by atoms with E-state index in [1.165, 1.54) is 0 Å². The van der Waals surface area contributed by atoms with Crippen LogP contribution in [0, 0.1) is 11.3 Å². The fourth-order valence-corrected chi connectivity index (χ4v) is 1.93. The lowest BCUT2D eigenvalue weighted by molar-refractivity contribution is -0.0820. The summed E-state index contributed by atoms with van der Waals surface area (Å²) in [6.45, 7) is 4.03. The van der Waals surface area contributed by atoms with Crippen LogP contribution in [0.25, 0.3) is 0 Å². The Morgan fingerprint density at radius 3 is 3.06 bits per heavy atom. The Bertz CT molecular complexity index is 410. The summed E-state index contributed by atoms with van der Waals surface area (Å²) >= 11 is 0. The summed E-state index contributed by atoms with van der Waals surface area (Å²) in [6.07, 6.45) is -0.128. The second kappa shape index (κ2) is 5.32. The largest absolute Gasteiger partial charge is 0.449 e. The number of morpholine rings is 1. The highest BCUT2D eigenvalue weighted by molar-refractivity contribution is 5.19. The van der Waals surface area contributed by atoms with Crippen LogP contribution in [0.4, 0.5) is 0 Å². The minimum absolute atomic E-state index is 0.0326. The van der Waals surface area contributed by atoms with Crippen molar-refractivity contribution in [3.8, 4) is 6.07 Å². The molecule has 0 amide bonds. The molecule has 5 heteroatoms. The zero-order chi connectivity index (χ0) is 12.3. The maximum absolute atomic E-state index is 9.09. The number of hydrogen-bond donors (Lipinski definition) is 1. The number of nitriles is 1. The summed E-state index contributed by atoms with van der Waals surface area (Å²) < 4.78 is 10.8. The van der Waals surface area contributed by atoms with E-state index in [9.17, 15) is 0 Å². The Morgan fingerprint density at radius 2 is 2.41 bits per heavy atom. The first-order chi connectivity index (χ1) is 8.22. The molecule has 2 unspecified atom stereocenters. The monoisotopic (exact) mass is 236 g/mol. The predicted octanol–water partition coefficient (Wildman–Crippen LogP) is 0.733. The Balaban J connectivity index is 1.99. The molecular formula is C12H16N2O3. The second-order valence-electron chi connectivity index (χ2n) is 4.29. The average molecular weight is 236 g/mol. The van der Waals surface area contributed by atoms with Gasteiger partial charge in [0.15, 0.2) is 0 Å². The third kappa shape index (κ3) is 2.86. The van der Waals surface area contributed by atoms with Crippen LogP contribution < -0.4 is 0 Å². The zero-order valence-electron chi connectivity index (χ0n) is 9.80. The van der Waals surface area contributed by atoms with Gasteiger partial charge in [-0.2, -0.15) is 5.26 Å². The van der Waals surface area contributed by atoms with Crippen LogP contribution in [0.1, 0.15) is 18.4 Å². The van der Waals surface area contributed by atoms with Crippen molar-refractivity contribution in [2.24, 2.45) is 0 Å². The number of aliphatic hydroxyl groups excluding tert-OH is 1. The predicted molar refractivity (Wildman–Crippen MR) is 60.1 cm³/mol. The summed E-state index contributed by atoms with van der Waals surface area (Å²) in [5.41, 5.74) is 0. The quantitative estimate of drug-likeness (QED) is 0.838. The topological polar surface area (TPSA) is 69.6 Å². The molecule has 0 aliphatic carbocycles. The van der Waals surface area contributed by atoms with Gasteiger partial charge in [0.25, 0.3) is 0 Å². The first kappa shape index (κ1) is 12.1. The highest BCUT2D eigenvalue weighted by Crippen LogP contribution is 2.16. The van der Waals surface area contributed by atoms with Crippen LogP contribution in [0.2, 0.25) is 0 Å². The van der Waals surface area contributed by atoms with E-state index in [1.807, 2.05) is 12.1 Å². The summed E-state index contributed by atoms with van der Waals surface area (Å²) in [5, 5.41) is 17.8. The Morgan fingerprint density at radius 1 is 1.59 bits per heavy atom. The third-order valence-electron chi connectivity index (χ3n) is 2.97. The van der Waals surface area contributed by atoms with E-state index < -0.39 is 0 Å². The minimum Gasteiger partial charge on any atom is -0.449 e. The molecule has 17 heavy (non-hydrogen) atoms. The fourth-order valence-electron chi connectivity index (χ4n) is 1.93. The Kier molecular flexibility index (Phi) is 3.79. The number of rotatable bonds is 3. The second-order valence-corrected chi connectivity index (χ2v) is 4.29. The van der Waals surface area contributed by atoms with Gasteiger partial charge < -0.3 is 14.3 Å². The van der Waals surface area contributed by atoms with Crippen LogP contribution in [0.5, 0.6) is 0 Å². The molecular weight excluding hydrogens is 220 g/mol. The summed E-state index contributed by atoms with van der Waals surface area (Å²) in [4.78, 5) is 2.18. The highest BCUT2D eigenvalue weighted by Gasteiger charge is 2.26. The van der Waals surface area contributed by atoms with Crippen LogP contribution in [0.3, 0.4) is 0 Å². The standard InChI is InChI=1S/C12H16N2O3/c1-9-8-16-12(7-15)6-14(9)5-11-3-2-10(4-13)17-11/h2-3,9,12,15H,5-8H2,1H3. The van der Waals surface area contributed by atoms with Gasteiger partial charge in [0, 0.05) is 12.6 Å². The van der Waals surface area contributed by atoms with Crippen molar-refractivity contribution in [1.29, 1.82) is 5.26 Å². The molecule has 92 valence electrons. The maximum atomic E-state index is 9.09. The van der Waals surface area contributed by atoms with Crippen molar-refractivity contribution in [3.05, 3.63) is 23.7 Å². The van der Waals surface area contributed by atoms with Crippen LogP contribution in [-0.2, 0) is 11.3 Å². The van der Waals surface area contributed by atoms with Gasteiger partial charge in [-0.15, -0.1) is 0 Å². The molecule has 1 saturated heterocycles. The zero-order valence-corrected chi connectivity index (χ0v) is 9.80. The summed E-state index contributed by atoms with van der Waals surface area (Å²) in [6, 6.07) is 5.74. The van der Waals surface area contributed by atoms with Crippen molar-refractivity contribution in [1.82, 2.24) is 4.90 Å². The van der Waals surface area contributed by atoms with Gasteiger partial charge in [-0.1, -0.05) is 0 Å². The van der Waals surface area contributed by atoms with E-state index in [2.05, 4.69) is 11.8 Å². The van der Waals surface area contributed by atoms with Crippen molar-refractivity contribution >= 4 is 0 Å². The van der Waals surface area contributed by atoms with E-state index in [0.29, 0.717) is 25.5 Å². The van der Waals surface area contributed by atoms with Crippen molar-refractivity contribution in [2.45, 2.75) is 25.6 Å². The molecule has 1 aromatic rings. The van der Waals surface area contributed by atoms with Gasteiger partial charge in [-0.25, -0.2) is 0 Å². The minimum atomic E-state index is -0.128. The van der Waals surface area contributed by atoms with E-state index >= 15 is 0 Å². The van der Waals surface area contributed by atoms with Crippen LogP contribution >= 0.6 is 0 Å². The van der Waals surface area contributed by atoms with Crippen LogP contribution in [0.15, 0.2) is 16.5 Å². The van der Waals surface area contributed by atoms with E-state index in [1.54, 1.807) is 6.07 Å². The molecule has 0 saturated carbocycles. The molecule has 0 radical (unpaired) electrons. The van der Waals surface area contributed by atoms with Crippen LogP contribution in [-0.4, -0.2) is 41.9 Å². The maximum Gasteiger partial charge on any atom is 0.203 e. The van der Waals surface area contributed by atoms with Gasteiger partial charge in [-0.3, -0.25) is 4.90 Å². The highest BCUT2D eigenvalue weighted by atomic mass is 16.5. The molecule has 0 bridgehead atoms. The number of aliphatic hydroxyl groups is 1. The molecule has 2 atom stereocenters. The molecule has 2 heterocycles. The average Bonchev–Trinajstić information content (AvgIpc) is 2.80. The number of ether oxygens (including phenoxy) is 1. The Labute approximate surface area is 100 Å². The van der Waals surface area contributed by atoms with Gasteiger partial charge in [-0.05, 0) is 19.1 Å². The van der Waals surface area contributed by atoms with E-state index in [-0.39, 0.29) is 18.8 Å². The molecule has 2 rings (SSSR count). The first-order valence-electron chi connectivity index (χ1n) is 5.68. The lowest BCUT2D eigenvalue weighted by Gasteiger charge is -2.36. The van der Waals surface area contributed by atoms with Crippen molar-refractivity contribution in [3.63, 3.8) is 0 Å². The molecule has 1 fully saturated rings. The lowest BCUT2D eigenvalue weighted by atomic mass is 10.2. The summed E-state index contributed by atoms with van der Waals surface area (Å²) in [5.74, 6) is 1.10. The molecule has 0 aromatic carbocycles. The van der Waals surface area contributed by atoms with Gasteiger partial charge in [0.1, 0.15) is 11.8 Å². The third-order valence-corrected chi connectivity index (χ3v) is 2.97. The van der Waals surface area contributed by atoms with E-state index in [4.69, 9.17) is 19.5 Å². The summed E-state index contributed by atoms with van der Waals surface area (Å²) in [7, 11) is 0. The normalized spacial score (nSPS) is 25.7. The molecule has 1 aromatic heterocycles. The molecule has 0 spiro atoms. The first-order valence-corrected chi connectivity index (χ1v) is 5.68. The van der Waals surface area contributed by atoms with Gasteiger partial charge >= 0.3 is 0 Å². The van der Waals surface area contributed by atoms with Crippen molar-refractivity contribution < 1.29 is 14.3 Å². The van der Waals surface area contributed by atoms with E-state index in [0.717, 1.165) is 5.76 Å². The lowest BCUT2D eigenvalue weighted by Crippen LogP contribution is -2.48. The van der Waals surface area contributed by atoms with Crippen molar-refractivity contribution in [2.75, 3.05) is 19.8 Å². The number of furan rings is 1. The molecule has 5 nitrogen and oxygen atoms in total. The van der Waals surface area contributed by atoms with Gasteiger partial charge in [0.05, 0.1) is 25.9 Å². The SMILES string of the molecule is CC1COC(CO)CN1Cc1ccc(C#N)o1. The molecule has 1 N–H and O–H groups in total. The smallest absolute Gasteiger partial charge is 0.203 e. The molecule has 1 aliphatic heterocycles. The molecule has 1 aliphatic rings. The Hall–Kier alpha value is -1.35. The fraction of sp³-hybridized carbons (Fsp3) is 0.583.